The SMILES string of the molecule is CC(=Nc1c(F)c(F)c(F)c(F)c1F)C(Cc1ccccn1)C(C)=Nc1c(F)c(F)c(F)c(F)c1F. The van der Waals surface area contributed by atoms with E-state index in [-0.39, 0.29) is 23.5 Å². The first-order valence-corrected chi connectivity index (χ1v) is 9.89. The average Bonchev–Trinajstić information content (AvgIpc) is 2.87. The van der Waals surface area contributed by atoms with Crippen molar-refractivity contribution in [2.24, 2.45) is 15.9 Å². The average molecular weight is 521 g/mol. The molecule has 0 N–H and O–H groups in total. The maximum atomic E-state index is 14.1. The highest BCUT2D eigenvalue weighted by Crippen LogP contribution is 2.32. The third-order valence-electron chi connectivity index (χ3n) is 5.10. The fourth-order valence-electron chi connectivity index (χ4n) is 3.22. The summed E-state index contributed by atoms with van der Waals surface area (Å²) in [5.41, 5.74) is -3.55. The minimum atomic E-state index is -2.41. The molecule has 2 aromatic carbocycles. The molecule has 13 heteroatoms. The van der Waals surface area contributed by atoms with Crippen molar-refractivity contribution in [3.05, 3.63) is 88.3 Å². The van der Waals surface area contributed by atoms with Crippen LogP contribution in [0.1, 0.15) is 19.5 Å². The Bertz CT molecular complexity index is 1240. The van der Waals surface area contributed by atoms with E-state index in [1.165, 1.54) is 24.4 Å². The normalized spacial score (nSPS) is 13.3. The van der Waals surface area contributed by atoms with Crippen molar-refractivity contribution in [1.82, 2.24) is 4.98 Å². The van der Waals surface area contributed by atoms with Gasteiger partial charge in [0, 0.05) is 35.7 Å². The molecule has 0 aliphatic heterocycles. The van der Waals surface area contributed by atoms with E-state index < -0.39 is 75.5 Å². The molecule has 0 saturated carbocycles. The maximum absolute atomic E-state index is 14.1. The molecule has 0 aliphatic carbocycles. The van der Waals surface area contributed by atoms with Gasteiger partial charge in [0.2, 0.25) is 11.6 Å². The Balaban J connectivity index is 2.19. The first-order valence-electron chi connectivity index (χ1n) is 9.89. The molecule has 3 aromatic rings. The molecule has 1 aromatic heterocycles. The molecule has 36 heavy (non-hydrogen) atoms. The van der Waals surface area contributed by atoms with E-state index in [0.29, 0.717) is 0 Å². The van der Waals surface area contributed by atoms with E-state index in [1.807, 2.05) is 0 Å². The van der Waals surface area contributed by atoms with Crippen molar-refractivity contribution in [1.29, 1.82) is 0 Å². The highest BCUT2D eigenvalue weighted by atomic mass is 19.2. The van der Waals surface area contributed by atoms with Crippen LogP contribution in [0.4, 0.5) is 55.3 Å². The number of aliphatic imine (C=N–C) groups is 2. The molecule has 190 valence electrons. The lowest BCUT2D eigenvalue weighted by Crippen LogP contribution is -2.23. The van der Waals surface area contributed by atoms with Gasteiger partial charge in [-0.2, -0.15) is 0 Å². The third-order valence-corrected chi connectivity index (χ3v) is 5.10. The quantitative estimate of drug-likeness (QED) is 0.146. The van der Waals surface area contributed by atoms with E-state index in [9.17, 15) is 43.9 Å². The van der Waals surface area contributed by atoms with E-state index in [2.05, 4.69) is 15.0 Å². The largest absolute Gasteiger partial charge is 0.261 e. The van der Waals surface area contributed by atoms with Crippen molar-refractivity contribution >= 4 is 22.8 Å². The summed E-state index contributed by atoms with van der Waals surface area (Å²) in [6.07, 6.45) is 1.11. The number of hydrogen-bond acceptors (Lipinski definition) is 3. The number of benzene rings is 2. The number of nitrogens with zero attached hydrogens (tertiary/aromatic N) is 3. The number of hydrogen-bond donors (Lipinski definition) is 0. The molecule has 0 radical (unpaired) electrons. The summed E-state index contributed by atoms with van der Waals surface area (Å²) in [6.45, 7) is 2.17. The second-order valence-electron chi connectivity index (χ2n) is 7.42. The molecule has 0 bridgehead atoms. The van der Waals surface area contributed by atoms with Gasteiger partial charge in [-0.3, -0.25) is 15.0 Å². The van der Waals surface area contributed by atoms with E-state index in [1.54, 1.807) is 0 Å². The minimum Gasteiger partial charge on any atom is -0.261 e. The fraction of sp³-hybridized carbons (Fsp3) is 0.174. The Morgan fingerprint density at radius 3 is 1.31 bits per heavy atom. The van der Waals surface area contributed by atoms with Gasteiger partial charge in [0.1, 0.15) is 11.4 Å². The smallest absolute Gasteiger partial charge is 0.200 e. The number of halogens is 10. The predicted molar refractivity (Wildman–Crippen MR) is 109 cm³/mol. The number of aromatic nitrogens is 1. The van der Waals surface area contributed by atoms with Gasteiger partial charge in [0.05, 0.1) is 0 Å². The maximum Gasteiger partial charge on any atom is 0.200 e. The lowest BCUT2D eigenvalue weighted by molar-refractivity contribution is 0.381. The molecule has 0 aliphatic rings. The van der Waals surface area contributed by atoms with Gasteiger partial charge in [-0.15, -0.1) is 0 Å². The van der Waals surface area contributed by atoms with Crippen molar-refractivity contribution in [3.8, 4) is 0 Å². The van der Waals surface area contributed by atoms with Gasteiger partial charge in [-0.25, -0.2) is 43.9 Å². The molecule has 0 spiro atoms. The molecule has 0 amide bonds. The van der Waals surface area contributed by atoms with E-state index >= 15 is 0 Å². The Kier molecular flexibility index (Phi) is 7.80. The first-order chi connectivity index (χ1) is 16.9. The van der Waals surface area contributed by atoms with Crippen molar-refractivity contribution in [3.63, 3.8) is 0 Å². The summed E-state index contributed by atoms with van der Waals surface area (Å²) in [7, 11) is 0. The first kappa shape index (κ1) is 26.8. The molecule has 3 rings (SSSR count). The highest BCUT2D eigenvalue weighted by Gasteiger charge is 2.29. The molecular formula is C23H13F10N3. The van der Waals surface area contributed by atoms with Crippen molar-refractivity contribution < 1.29 is 43.9 Å². The Hall–Kier alpha value is -3.77. The fourth-order valence-corrected chi connectivity index (χ4v) is 3.22. The molecular weight excluding hydrogens is 508 g/mol. The second kappa shape index (κ2) is 10.5. The Morgan fingerprint density at radius 2 is 0.972 bits per heavy atom. The topological polar surface area (TPSA) is 37.6 Å². The van der Waals surface area contributed by atoms with Crippen LogP contribution in [-0.4, -0.2) is 16.4 Å². The molecule has 1 heterocycles. The summed E-state index contributed by atoms with van der Waals surface area (Å²) in [5.74, 6) is -24.1. The van der Waals surface area contributed by atoms with Crippen LogP contribution >= 0.6 is 0 Å². The minimum absolute atomic E-state index is 0.240. The van der Waals surface area contributed by atoms with E-state index in [4.69, 9.17) is 0 Å². The van der Waals surface area contributed by atoms with Crippen LogP contribution in [0.5, 0.6) is 0 Å². The number of rotatable bonds is 6. The molecule has 0 unspecified atom stereocenters. The predicted octanol–water partition coefficient (Wildman–Crippen LogP) is 7.22. The molecule has 3 nitrogen and oxygen atoms in total. The lowest BCUT2D eigenvalue weighted by atomic mass is 9.93. The summed E-state index contributed by atoms with van der Waals surface area (Å²) in [5, 5.41) is 0. The summed E-state index contributed by atoms with van der Waals surface area (Å²) < 4.78 is 138. The van der Waals surface area contributed by atoms with Gasteiger partial charge >= 0.3 is 0 Å². The van der Waals surface area contributed by atoms with Crippen LogP contribution in [0.2, 0.25) is 0 Å². The third kappa shape index (κ3) is 4.95. The van der Waals surface area contributed by atoms with Gasteiger partial charge in [0.15, 0.2) is 46.5 Å². The van der Waals surface area contributed by atoms with Crippen LogP contribution in [0.25, 0.3) is 0 Å². The van der Waals surface area contributed by atoms with Crippen LogP contribution in [0.15, 0.2) is 34.4 Å². The standard InChI is InChI=1S/C23H13F10N3/c1-8(35-22-18(30)14(26)12(24)15(27)19(22)31)11(7-10-5-3-4-6-34-10)9(2)36-23-20(32)16(28)13(25)17(29)21(23)33/h3-6,11H,7H2,1-2H3. The molecule has 0 fully saturated rings. The van der Waals surface area contributed by atoms with Crippen LogP contribution in [0.3, 0.4) is 0 Å². The van der Waals surface area contributed by atoms with Crippen molar-refractivity contribution in [2.75, 3.05) is 0 Å². The second-order valence-corrected chi connectivity index (χ2v) is 7.42. The lowest BCUT2D eigenvalue weighted by Gasteiger charge is -2.18. The van der Waals surface area contributed by atoms with Crippen molar-refractivity contribution in [2.45, 2.75) is 20.3 Å². The summed E-state index contributed by atoms with van der Waals surface area (Å²) in [6, 6.07) is 4.53. The Labute approximate surface area is 196 Å². The van der Waals surface area contributed by atoms with Gasteiger partial charge < -0.3 is 0 Å². The summed E-state index contributed by atoms with van der Waals surface area (Å²) >= 11 is 0. The van der Waals surface area contributed by atoms with E-state index in [0.717, 1.165) is 13.8 Å². The molecule has 0 saturated heterocycles. The zero-order valence-corrected chi connectivity index (χ0v) is 18.2. The van der Waals surface area contributed by atoms with Gasteiger partial charge in [-0.1, -0.05) is 6.07 Å². The van der Waals surface area contributed by atoms with Crippen LogP contribution in [-0.2, 0) is 6.42 Å². The Morgan fingerprint density at radius 1 is 0.611 bits per heavy atom. The van der Waals surface area contributed by atoms with Gasteiger partial charge in [-0.05, 0) is 26.0 Å². The van der Waals surface area contributed by atoms with Gasteiger partial charge in [0.25, 0.3) is 0 Å². The monoisotopic (exact) mass is 521 g/mol. The summed E-state index contributed by atoms with van der Waals surface area (Å²) in [4.78, 5) is 11.0. The van der Waals surface area contributed by atoms with Crippen LogP contribution < -0.4 is 0 Å². The number of pyridine rings is 1. The van der Waals surface area contributed by atoms with Crippen LogP contribution in [0, 0.1) is 64.1 Å². The zero-order chi connectivity index (χ0) is 26.9. The zero-order valence-electron chi connectivity index (χ0n) is 18.2. The molecule has 0 atom stereocenters. The highest BCUT2D eigenvalue weighted by molar-refractivity contribution is 6.07.